The first-order valence-corrected chi connectivity index (χ1v) is 5.66. The predicted octanol–water partition coefficient (Wildman–Crippen LogP) is 2.22. The zero-order valence-corrected chi connectivity index (χ0v) is 9.22. The van der Waals surface area contributed by atoms with Gasteiger partial charge in [-0.25, -0.2) is 4.79 Å². The van der Waals surface area contributed by atoms with Gasteiger partial charge in [-0.3, -0.25) is 4.90 Å². The number of allylic oxidation sites excluding steroid dienone is 2. The van der Waals surface area contributed by atoms with Gasteiger partial charge in [-0.05, 0) is 24.8 Å². The second-order valence-corrected chi connectivity index (χ2v) is 4.37. The Kier molecular flexibility index (Phi) is 3.09. The van der Waals surface area contributed by atoms with Gasteiger partial charge in [0.1, 0.15) is 0 Å². The Labute approximate surface area is 91.0 Å². The van der Waals surface area contributed by atoms with E-state index in [1.54, 1.807) is 4.90 Å². The van der Waals surface area contributed by atoms with E-state index < -0.39 is 0 Å². The zero-order valence-electron chi connectivity index (χ0n) is 9.22. The van der Waals surface area contributed by atoms with Crippen molar-refractivity contribution in [1.82, 2.24) is 9.80 Å². The van der Waals surface area contributed by atoms with Crippen LogP contribution in [-0.4, -0.2) is 35.5 Å². The van der Waals surface area contributed by atoms with Crippen molar-refractivity contribution in [3.63, 3.8) is 0 Å². The van der Waals surface area contributed by atoms with Crippen molar-refractivity contribution in [3.05, 3.63) is 24.4 Å². The van der Waals surface area contributed by atoms with Crippen molar-refractivity contribution < 1.29 is 4.79 Å². The van der Waals surface area contributed by atoms with Gasteiger partial charge >= 0.3 is 6.03 Å². The molecule has 2 amide bonds. The summed E-state index contributed by atoms with van der Waals surface area (Å²) in [5.74, 6) is 0.769. The Morgan fingerprint density at radius 2 is 2.00 bits per heavy atom. The summed E-state index contributed by atoms with van der Waals surface area (Å²) in [6.45, 7) is 4.79. The van der Waals surface area contributed by atoms with E-state index in [1.807, 2.05) is 29.3 Å². The quantitative estimate of drug-likeness (QED) is 0.596. The molecule has 0 aromatic heterocycles. The van der Waals surface area contributed by atoms with E-state index in [2.05, 4.69) is 6.92 Å². The van der Waals surface area contributed by atoms with Crippen molar-refractivity contribution in [3.8, 4) is 0 Å². The first kappa shape index (κ1) is 10.3. The Hall–Kier alpha value is -1.25. The molecule has 0 N–H and O–H groups in total. The highest BCUT2D eigenvalue weighted by molar-refractivity contribution is 5.76. The molecule has 3 nitrogen and oxygen atoms in total. The number of carbonyl (C=O) groups is 1. The minimum Gasteiger partial charge on any atom is -0.324 e. The van der Waals surface area contributed by atoms with Crippen LogP contribution in [-0.2, 0) is 0 Å². The number of urea groups is 1. The SMILES string of the molecule is CC1CCN(C(=O)N2C=CC=CC2)CC1. The predicted molar refractivity (Wildman–Crippen MR) is 60.4 cm³/mol. The molecular weight excluding hydrogens is 188 g/mol. The van der Waals surface area contributed by atoms with Gasteiger partial charge in [-0.2, -0.15) is 0 Å². The van der Waals surface area contributed by atoms with Crippen molar-refractivity contribution >= 4 is 6.03 Å². The molecule has 0 spiro atoms. The summed E-state index contributed by atoms with van der Waals surface area (Å²) in [6, 6.07) is 0.155. The molecule has 2 aliphatic rings. The minimum absolute atomic E-state index is 0.155. The summed E-state index contributed by atoms with van der Waals surface area (Å²) in [5.41, 5.74) is 0. The van der Waals surface area contributed by atoms with E-state index in [0.717, 1.165) is 31.8 Å². The van der Waals surface area contributed by atoms with Gasteiger partial charge in [-0.15, -0.1) is 0 Å². The maximum Gasteiger partial charge on any atom is 0.324 e. The summed E-state index contributed by atoms with van der Waals surface area (Å²) in [4.78, 5) is 15.8. The molecular formula is C12H18N2O. The molecule has 0 radical (unpaired) electrons. The van der Waals surface area contributed by atoms with Crippen LogP contribution in [0.2, 0.25) is 0 Å². The second-order valence-electron chi connectivity index (χ2n) is 4.37. The molecule has 2 aliphatic heterocycles. The first-order valence-electron chi connectivity index (χ1n) is 5.66. The van der Waals surface area contributed by atoms with Crippen LogP contribution in [0.25, 0.3) is 0 Å². The standard InChI is InChI=1S/C12H18N2O/c1-11-5-9-14(10-6-11)12(15)13-7-3-2-4-8-13/h2-4,7,11H,5-6,8-10H2,1H3. The lowest BCUT2D eigenvalue weighted by Gasteiger charge is -2.33. The topological polar surface area (TPSA) is 23.6 Å². The van der Waals surface area contributed by atoms with E-state index >= 15 is 0 Å². The number of rotatable bonds is 0. The lowest BCUT2D eigenvalue weighted by molar-refractivity contribution is 0.151. The molecule has 0 aliphatic carbocycles. The summed E-state index contributed by atoms with van der Waals surface area (Å²) in [5, 5.41) is 0. The average molecular weight is 206 g/mol. The maximum absolute atomic E-state index is 12.0. The van der Waals surface area contributed by atoms with E-state index in [0.29, 0.717) is 6.54 Å². The number of nitrogens with zero attached hydrogens (tertiary/aromatic N) is 2. The highest BCUT2D eigenvalue weighted by Crippen LogP contribution is 2.17. The molecule has 2 heterocycles. The summed E-state index contributed by atoms with van der Waals surface area (Å²) in [7, 11) is 0. The van der Waals surface area contributed by atoms with Crippen molar-refractivity contribution in [2.75, 3.05) is 19.6 Å². The molecule has 15 heavy (non-hydrogen) atoms. The fourth-order valence-corrected chi connectivity index (χ4v) is 1.99. The third-order valence-corrected chi connectivity index (χ3v) is 3.12. The maximum atomic E-state index is 12.0. The average Bonchev–Trinajstić information content (AvgIpc) is 2.30. The highest BCUT2D eigenvalue weighted by atomic mass is 16.2. The number of amides is 2. The van der Waals surface area contributed by atoms with Gasteiger partial charge in [0.05, 0.1) is 0 Å². The molecule has 0 unspecified atom stereocenters. The Morgan fingerprint density at radius 1 is 1.27 bits per heavy atom. The number of hydrogen-bond acceptors (Lipinski definition) is 1. The summed E-state index contributed by atoms with van der Waals surface area (Å²) in [6.07, 6.45) is 10.0. The van der Waals surface area contributed by atoms with Gasteiger partial charge < -0.3 is 4.90 Å². The number of hydrogen-bond donors (Lipinski definition) is 0. The first-order chi connectivity index (χ1) is 7.27. The van der Waals surface area contributed by atoms with Crippen LogP contribution in [0.15, 0.2) is 24.4 Å². The van der Waals surface area contributed by atoms with Crippen LogP contribution in [0.1, 0.15) is 19.8 Å². The molecule has 0 aromatic carbocycles. The highest BCUT2D eigenvalue weighted by Gasteiger charge is 2.23. The molecule has 1 fully saturated rings. The molecule has 2 rings (SSSR count). The fourth-order valence-electron chi connectivity index (χ4n) is 1.99. The summed E-state index contributed by atoms with van der Waals surface area (Å²) >= 11 is 0. The van der Waals surface area contributed by atoms with Crippen LogP contribution in [0.4, 0.5) is 4.79 Å². The normalized spacial score (nSPS) is 22.2. The van der Waals surface area contributed by atoms with Crippen molar-refractivity contribution in [1.29, 1.82) is 0 Å². The zero-order chi connectivity index (χ0) is 10.7. The molecule has 0 saturated carbocycles. The van der Waals surface area contributed by atoms with Crippen LogP contribution < -0.4 is 0 Å². The monoisotopic (exact) mass is 206 g/mol. The van der Waals surface area contributed by atoms with Gasteiger partial charge in [0, 0.05) is 25.8 Å². The number of carbonyl (C=O) groups excluding carboxylic acids is 1. The second kappa shape index (κ2) is 4.51. The molecule has 0 bridgehead atoms. The number of piperidine rings is 1. The van der Waals surface area contributed by atoms with Gasteiger partial charge in [0.25, 0.3) is 0 Å². The van der Waals surface area contributed by atoms with E-state index in [4.69, 9.17) is 0 Å². The Balaban J connectivity index is 1.90. The Morgan fingerprint density at radius 3 is 2.60 bits per heavy atom. The molecule has 82 valence electrons. The van der Waals surface area contributed by atoms with Gasteiger partial charge in [0.15, 0.2) is 0 Å². The van der Waals surface area contributed by atoms with E-state index in [9.17, 15) is 4.79 Å². The number of likely N-dealkylation sites (tertiary alicyclic amines) is 1. The van der Waals surface area contributed by atoms with Gasteiger partial charge in [-0.1, -0.05) is 19.1 Å². The van der Waals surface area contributed by atoms with Crippen LogP contribution in [0.3, 0.4) is 0 Å². The van der Waals surface area contributed by atoms with Crippen molar-refractivity contribution in [2.45, 2.75) is 19.8 Å². The molecule has 0 aromatic rings. The summed E-state index contributed by atoms with van der Waals surface area (Å²) < 4.78 is 0. The lowest BCUT2D eigenvalue weighted by Crippen LogP contribution is -2.44. The van der Waals surface area contributed by atoms with Crippen molar-refractivity contribution in [2.24, 2.45) is 5.92 Å². The van der Waals surface area contributed by atoms with E-state index in [-0.39, 0.29) is 6.03 Å². The van der Waals surface area contributed by atoms with Gasteiger partial charge in [0.2, 0.25) is 0 Å². The Bertz CT molecular complexity index is 288. The molecule has 3 heteroatoms. The third kappa shape index (κ3) is 2.41. The largest absolute Gasteiger partial charge is 0.324 e. The fraction of sp³-hybridized carbons (Fsp3) is 0.583. The molecule has 1 saturated heterocycles. The van der Waals surface area contributed by atoms with Crippen LogP contribution >= 0.6 is 0 Å². The minimum atomic E-state index is 0.155. The smallest absolute Gasteiger partial charge is 0.324 e. The van der Waals surface area contributed by atoms with E-state index in [1.165, 1.54) is 0 Å². The van der Waals surface area contributed by atoms with Crippen LogP contribution in [0, 0.1) is 5.92 Å². The van der Waals surface area contributed by atoms with Crippen LogP contribution in [0.5, 0.6) is 0 Å². The lowest BCUT2D eigenvalue weighted by atomic mass is 9.99. The third-order valence-electron chi connectivity index (χ3n) is 3.12. The molecule has 0 atom stereocenters.